The zero-order valence-electron chi connectivity index (χ0n) is 25.3. The molecule has 45 heavy (non-hydrogen) atoms. The Labute approximate surface area is 259 Å². The molecular weight excluding hydrogens is 582 g/mol. The highest BCUT2D eigenvalue weighted by atomic mass is 19.1. The number of anilines is 1. The van der Waals surface area contributed by atoms with Crippen LogP contribution in [0.25, 0.3) is 33.2 Å². The van der Waals surface area contributed by atoms with E-state index in [0.29, 0.717) is 64.8 Å². The number of ether oxygens (including phenoxy) is 3. The second-order valence-electron chi connectivity index (χ2n) is 11.7. The molecule has 4 aromatic rings. The number of hydrogen-bond donors (Lipinski definition) is 1. The van der Waals surface area contributed by atoms with Gasteiger partial charge in [0.05, 0.1) is 23.9 Å². The number of aromatic nitrogens is 1. The molecule has 9 nitrogen and oxygen atoms in total. The zero-order chi connectivity index (χ0) is 32.3. The quantitative estimate of drug-likeness (QED) is 0.183. The molecule has 0 unspecified atom stereocenters. The smallest absolute Gasteiger partial charge is 0.444 e. The average molecular weight is 615 g/mol. The Balaban J connectivity index is 1.60. The molecule has 0 radical (unpaired) electrons. The third-order valence-electron chi connectivity index (χ3n) is 7.34. The number of piperidine rings is 1. The van der Waals surface area contributed by atoms with Gasteiger partial charge >= 0.3 is 12.2 Å². The van der Waals surface area contributed by atoms with E-state index < -0.39 is 29.5 Å². The lowest BCUT2D eigenvalue weighted by Crippen LogP contribution is -2.46. The molecule has 0 saturated carbocycles. The Morgan fingerprint density at radius 1 is 1.00 bits per heavy atom. The second-order valence-corrected chi connectivity index (χ2v) is 11.7. The Morgan fingerprint density at radius 3 is 2.36 bits per heavy atom. The van der Waals surface area contributed by atoms with E-state index in [0.717, 1.165) is 6.07 Å². The van der Waals surface area contributed by atoms with E-state index in [9.17, 15) is 23.6 Å². The fourth-order valence-electron chi connectivity index (χ4n) is 5.42. The van der Waals surface area contributed by atoms with Gasteiger partial charge < -0.3 is 24.4 Å². The van der Waals surface area contributed by atoms with Crippen molar-refractivity contribution in [3.8, 4) is 34.1 Å². The summed E-state index contributed by atoms with van der Waals surface area (Å²) in [5, 5.41) is 13.3. The molecule has 1 aliphatic heterocycles. The number of hydrogen-bond acceptors (Lipinski definition) is 8. The van der Waals surface area contributed by atoms with Crippen LogP contribution in [0.15, 0.2) is 60.8 Å². The highest BCUT2D eigenvalue weighted by molar-refractivity contribution is 6.02. The van der Waals surface area contributed by atoms with E-state index in [4.69, 9.17) is 9.47 Å². The Kier molecular flexibility index (Phi) is 8.86. The number of amides is 1. The van der Waals surface area contributed by atoms with E-state index in [2.05, 4.69) is 19.9 Å². The molecule has 0 bridgehead atoms. The molecule has 1 N–H and O–H groups in total. The molecule has 232 valence electrons. The van der Waals surface area contributed by atoms with E-state index in [-0.39, 0.29) is 17.4 Å². The number of carbonyl (C=O) groups excluding carboxylic acids is 2. The van der Waals surface area contributed by atoms with Gasteiger partial charge in [0.2, 0.25) is 0 Å². The van der Waals surface area contributed by atoms with Gasteiger partial charge in [-0.2, -0.15) is 5.26 Å². The predicted molar refractivity (Wildman–Crippen MR) is 165 cm³/mol. The molecule has 1 saturated heterocycles. The van der Waals surface area contributed by atoms with Crippen LogP contribution in [0.5, 0.6) is 5.75 Å². The molecule has 11 heteroatoms. The van der Waals surface area contributed by atoms with E-state index in [1.165, 1.54) is 25.3 Å². The van der Waals surface area contributed by atoms with Gasteiger partial charge in [-0.05, 0) is 75.1 Å². The topological polar surface area (TPSA) is 114 Å². The van der Waals surface area contributed by atoms with Crippen LogP contribution in [0.2, 0.25) is 0 Å². The van der Waals surface area contributed by atoms with Crippen LogP contribution < -0.4 is 15.0 Å². The number of halogens is 2. The maximum absolute atomic E-state index is 14.4. The summed E-state index contributed by atoms with van der Waals surface area (Å²) < 4.78 is 44.3. The number of pyridine rings is 1. The first-order chi connectivity index (χ1) is 21.5. The minimum absolute atomic E-state index is 0.0399. The largest absolute Gasteiger partial charge is 0.513 e. The van der Waals surface area contributed by atoms with E-state index >= 15 is 0 Å². The number of fused-ring (bicyclic) bond motifs is 1. The summed E-state index contributed by atoms with van der Waals surface area (Å²) in [6.07, 6.45) is 1.33. The minimum atomic E-state index is -0.972. The number of nitrogens with one attached hydrogen (secondary N) is 1. The average Bonchev–Trinajstić information content (AvgIpc) is 2.99. The molecule has 0 atom stereocenters. The van der Waals surface area contributed by atoms with Gasteiger partial charge in [0.25, 0.3) is 0 Å². The first kappa shape index (κ1) is 31.2. The minimum Gasteiger partial charge on any atom is -0.444 e. The van der Waals surface area contributed by atoms with Gasteiger partial charge in [0.15, 0.2) is 5.75 Å². The summed E-state index contributed by atoms with van der Waals surface area (Å²) in [5.41, 5.74) is 2.76. The Bertz CT molecular complexity index is 1790. The maximum atomic E-state index is 14.4. The molecular formula is C34H32F2N4O5. The number of rotatable bonds is 5. The molecule has 1 aromatic heterocycles. The predicted octanol–water partition coefficient (Wildman–Crippen LogP) is 7.36. The maximum Gasteiger partial charge on any atom is 0.513 e. The summed E-state index contributed by atoms with van der Waals surface area (Å²) in [4.78, 5) is 31.2. The number of carbonyl (C=O) groups is 2. The summed E-state index contributed by atoms with van der Waals surface area (Å²) in [5.74, 6) is -1.40. The van der Waals surface area contributed by atoms with Crippen LogP contribution in [0, 0.1) is 23.0 Å². The molecule has 5 rings (SSSR count). The van der Waals surface area contributed by atoms with E-state index in [1.54, 1.807) is 51.2 Å². The molecule has 2 heterocycles. The fraction of sp³-hybridized carbons (Fsp3) is 0.294. The van der Waals surface area contributed by atoms with Crippen LogP contribution in [0.3, 0.4) is 0 Å². The molecule has 1 fully saturated rings. The van der Waals surface area contributed by atoms with Crippen molar-refractivity contribution >= 4 is 28.8 Å². The monoisotopic (exact) mass is 614 g/mol. The second kappa shape index (κ2) is 12.8. The standard InChI is InChI=1S/C34H32F2N4O5/c1-34(2,3)45-32(41)39-25-10-12-40(13-11-25)30-27-16-20(26-7-5-6-21(18-37)31(26)44-33(42)43-4)8-9-29(27)38-19-28(30)22-14-23(35)17-24(36)15-22/h5-9,14-17,19,25H,10-13H2,1-4H3,(H,39,41). The van der Waals surface area contributed by atoms with Gasteiger partial charge in [-0.25, -0.2) is 18.4 Å². The van der Waals surface area contributed by atoms with Crippen molar-refractivity contribution in [3.63, 3.8) is 0 Å². The number of nitriles is 1. The summed E-state index contributed by atoms with van der Waals surface area (Å²) in [6, 6.07) is 15.6. The normalized spacial score (nSPS) is 13.7. The van der Waals surface area contributed by atoms with Crippen molar-refractivity contribution in [2.24, 2.45) is 0 Å². The third-order valence-corrected chi connectivity index (χ3v) is 7.34. The third kappa shape index (κ3) is 7.12. The molecule has 0 spiro atoms. The first-order valence-corrected chi connectivity index (χ1v) is 14.4. The Morgan fingerprint density at radius 2 is 1.71 bits per heavy atom. The number of para-hydroxylation sites is 1. The van der Waals surface area contributed by atoms with Crippen molar-refractivity contribution in [2.75, 3.05) is 25.1 Å². The lowest BCUT2D eigenvalue weighted by Gasteiger charge is -2.36. The Hall–Kier alpha value is -5.24. The van der Waals surface area contributed by atoms with Crippen molar-refractivity contribution in [1.29, 1.82) is 5.26 Å². The van der Waals surface area contributed by atoms with Gasteiger partial charge in [0.1, 0.15) is 23.3 Å². The van der Waals surface area contributed by atoms with Gasteiger partial charge in [-0.15, -0.1) is 0 Å². The van der Waals surface area contributed by atoms with Crippen molar-refractivity contribution in [2.45, 2.75) is 45.3 Å². The summed E-state index contributed by atoms with van der Waals surface area (Å²) >= 11 is 0. The lowest BCUT2D eigenvalue weighted by atomic mass is 9.95. The van der Waals surface area contributed by atoms with Crippen LogP contribution >= 0.6 is 0 Å². The number of nitrogens with zero attached hydrogens (tertiary/aromatic N) is 3. The first-order valence-electron chi connectivity index (χ1n) is 14.4. The van der Waals surface area contributed by atoms with Crippen molar-refractivity contribution < 1.29 is 32.6 Å². The van der Waals surface area contributed by atoms with Gasteiger partial charge in [-0.3, -0.25) is 4.98 Å². The van der Waals surface area contributed by atoms with Crippen molar-refractivity contribution in [1.82, 2.24) is 10.3 Å². The molecule has 0 aliphatic carbocycles. The number of benzene rings is 3. The van der Waals surface area contributed by atoms with Crippen LogP contribution in [-0.4, -0.2) is 49.1 Å². The van der Waals surface area contributed by atoms with Crippen molar-refractivity contribution in [3.05, 3.63) is 78.0 Å². The van der Waals surface area contributed by atoms with E-state index in [1.807, 2.05) is 12.1 Å². The highest BCUT2D eigenvalue weighted by Gasteiger charge is 2.27. The zero-order valence-corrected chi connectivity index (χ0v) is 25.3. The number of alkyl carbamates (subject to hydrolysis) is 1. The van der Waals surface area contributed by atoms with Crippen LogP contribution in [0.4, 0.5) is 24.1 Å². The van der Waals surface area contributed by atoms with Gasteiger partial charge in [-0.1, -0.05) is 18.2 Å². The summed E-state index contributed by atoms with van der Waals surface area (Å²) in [7, 11) is 1.17. The molecule has 1 amide bonds. The fourth-order valence-corrected chi connectivity index (χ4v) is 5.42. The molecule has 3 aromatic carbocycles. The summed E-state index contributed by atoms with van der Waals surface area (Å²) in [6.45, 7) is 6.45. The van der Waals surface area contributed by atoms with Gasteiger partial charge in [0, 0.05) is 47.9 Å². The van der Waals surface area contributed by atoms with Crippen LogP contribution in [0.1, 0.15) is 39.2 Å². The number of methoxy groups -OCH3 is 1. The highest BCUT2D eigenvalue weighted by Crippen LogP contribution is 2.41. The lowest BCUT2D eigenvalue weighted by molar-refractivity contribution is 0.0497. The van der Waals surface area contributed by atoms with Crippen LogP contribution in [-0.2, 0) is 9.47 Å². The SMILES string of the molecule is COC(=O)Oc1c(C#N)cccc1-c1ccc2ncc(-c3cc(F)cc(F)c3)c(N3CCC(NC(=O)OC(C)(C)C)CC3)c2c1. The molecule has 1 aliphatic rings.